The fraction of sp³-hybridized carbons (Fsp3) is 0.294. The first kappa shape index (κ1) is 13.6. The summed E-state index contributed by atoms with van der Waals surface area (Å²) in [4.78, 5) is 6.54. The van der Waals surface area contributed by atoms with Gasteiger partial charge in [0.25, 0.3) is 0 Å². The van der Waals surface area contributed by atoms with E-state index in [2.05, 4.69) is 27.2 Å². The van der Waals surface area contributed by atoms with Crippen LogP contribution in [-0.2, 0) is 6.42 Å². The van der Waals surface area contributed by atoms with E-state index in [9.17, 15) is 5.21 Å². The fourth-order valence-corrected chi connectivity index (χ4v) is 2.83. The number of para-hydroxylation sites is 1. The minimum atomic E-state index is 0.787. The standard InChI is InChI=1S/C17H19N3O/c21-19-16-7-4-11-20(17-8-2-1-6-15(16)17)12-9-14-5-3-10-18-13-14/h1-3,5-6,8,10,13,21H,4,7,9,11-12H2/b19-16-. The van der Waals surface area contributed by atoms with Gasteiger partial charge in [-0.25, -0.2) is 0 Å². The molecule has 108 valence electrons. The van der Waals surface area contributed by atoms with Gasteiger partial charge in [0.15, 0.2) is 0 Å². The molecule has 0 unspecified atom stereocenters. The molecule has 0 saturated carbocycles. The van der Waals surface area contributed by atoms with Crippen molar-refractivity contribution in [2.24, 2.45) is 5.16 Å². The number of pyridine rings is 1. The first-order chi connectivity index (χ1) is 10.4. The lowest BCUT2D eigenvalue weighted by Gasteiger charge is -2.24. The van der Waals surface area contributed by atoms with Crippen LogP contribution in [0.15, 0.2) is 53.9 Å². The number of fused-ring (bicyclic) bond motifs is 1. The van der Waals surface area contributed by atoms with Crippen molar-refractivity contribution < 1.29 is 5.21 Å². The van der Waals surface area contributed by atoms with Gasteiger partial charge in [0.1, 0.15) is 0 Å². The maximum absolute atomic E-state index is 9.22. The van der Waals surface area contributed by atoms with Crippen LogP contribution in [0.1, 0.15) is 24.0 Å². The van der Waals surface area contributed by atoms with Crippen LogP contribution in [-0.4, -0.2) is 29.0 Å². The van der Waals surface area contributed by atoms with Crippen LogP contribution in [0.2, 0.25) is 0 Å². The molecule has 0 spiro atoms. The molecule has 0 atom stereocenters. The van der Waals surface area contributed by atoms with E-state index in [0.29, 0.717) is 0 Å². The van der Waals surface area contributed by atoms with Gasteiger partial charge in [0.2, 0.25) is 0 Å². The highest BCUT2D eigenvalue weighted by atomic mass is 16.4. The lowest BCUT2D eigenvalue weighted by Crippen LogP contribution is -2.26. The second-order valence-corrected chi connectivity index (χ2v) is 5.27. The second kappa shape index (κ2) is 6.39. The molecular formula is C17H19N3O. The van der Waals surface area contributed by atoms with E-state index in [-0.39, 0.29) is 0 Å². The van der Waals surface area contributed by atoms with Crippen molar-refractivity contribution in [1.29, 1.82) is 0 Å². The summed E-state index contributed by atoms with van der Waals surface area (Å²) in [5, 5.41) is 12.7. The number of aromatic nitrogens is 1. The van der Waals surface area contributed by atoms with E-state index in [1.807, 2.05) is 30.5 Å². The molecule has 4 nitrogen and oxygen atoms in total. The van der Waals surface area contributed by atoms with Gasteiger partial charge in [0.05, 0.1) is 5.71 Å². The highest BCUT2D eigenvalue weighted by Crippen LogP contribution is 2.26. The van der Waals surface area contributed by atoms with E-state index in [4.69, 9.17) is 0 Å². The Morgan fingerprint density at radius 3 is 2.90 bits per heavy atom. The third kappa shape index (κ3) is 3.05. The molecule has 0 radical (unpaired) electrons. The Morgan fingerprint density at radius 1 is 1.19 bits per heavy atom. The van der Waals surface area contributed by atoms with Crippen LogP contribution < -0.4 is 4.90 Å². The number of anilines is 1. The molecular weight excluding hydrogens is 262 g/mol. The van der Waals surface area contributed by atoms with Crippen LogP contribution in [0.4, 0.5) is 5.69 Å². The van der Waals surface area contributed by atoms with Crippen molar-refractivity contribution in [1.82, 2.24) is 4.98 Å². The van der Waals surface area contributed by atoms with Crippen LogP contribution in [0.5, 0.6) is 0 Å². The molecule has 2 aromatic rings. The molecule has 1 aliphatic heterocycles. The number of nitrogens with zero attached hydrogens (tertiary/aromatic N) is 3. The highest BCUT2D eigenvalue weighted by molar-refractivity contribution is 6.05. The molecule has 1 N–H and O–H groups in total. The maximum Gasteiger partial charge on any atom is 0.0889 e. The topological polar surface area (TPSA) is 48.7 Å². The number of oxime groups is 1. The van der Waals surface area contributed by atoms with Crippen LogP contribution in [0.3, 0.4) is 0 Å². The first-order valence-corrected chi connectivity index (χ1v) is 7.32. The van der Waals surface area contributed by atoms with Gasteiger partial charge < -0.3 is 10.1 Å². The first-order valence-electron chi connectivity index (χ1n) is 7.32. The van der Waals surface area contributed by atoms with Gasteiger partial charge in [-0.15, -0.1) is 0 Å². The Hall–Kier alpha value is -2.36. The van der Waals surface area contributed by atoms with E-state index >= 15 is 0 Å². The molecule has 1 aromatic carbocycles. The zero-order valence-corrected chi connectivity index (χ0v) is 11.9. The lowest BCUT2D eigenvalue weighted by atomic mass is 10.1. The second-order valence-electron chi connectivity index (χ2n) is 5.27. The summed E-state index contributed by atoms with van der Waals surface area (Å²) in [6.07, 6.45) is 6.50. The Labute approximate surface area is 124 Å². The van der Waals surface area contributed by atoms with Gasteiger partial charge >= 0.3 is 0 Å². The predicted molar refractivity (Wildman–Crippen MR) is 84.2 cm³/mol. The molecule has 0 bridgehead atoms. The van der Waals surface area contributed by atoms with Crippen LogP contribution >= 0.6 is 0 Å². The molecule has 0 aliphatic carbocycles. The van der Waals surface area contributed by atoms with Gasteiger partial charge in [-0.3, -0.25) is 4.98 Å². The molecule has 0 amide bonds. The van der Waals surface area contributed by atoms with Crippen molar-refractivity contribution in [3.8, 4) is 0 Å². The monoisotopic (exact) mass is 281 g/mol. The Kier molecular flexibility index (Phi) is 4.15. The average molecular weight is 281 g/mol. The van der Waals surface area contributed by atoms with E-state index < -0.39 is 0 Å². The summed E-state index contributed by atoms with van der Waals surface area (Å²) in [6, 6.07) is 12.3. The minimum absolute atomic E-state index is 0.787. The lowest BCUT2D eigenvalue weighted by molar-refractivity contribution is 0.318. The van der Waals surface area contributed by atoms with Crippen molar-refractivity contribution in [3.63, 3.8) is 0 Å². The minimum Gasteiger partial charge on any atom is -0.411 e. The molecule has 1 aliphatic rings. The fourth-order valence-electron chi connectivity index (χ4n) is 2.83. The zero-order chi connectivity index (χ0) is 14.5. The molecule has 0 saturated heterocycles. The molecule has 4 heteroatoms. The number of hydrogen-bond donors (Lipinski definition) is 1. The molecule has 2 heterocycles. The smallest absolute Gasteiger partial charge is 0.0889 e. The van der Waals surface area contributed by atoms with Crippen molar-refractivity contribution in [3.05, 3.63) is 59.9 Å². The normalized spacial score (nSPS) is 16.6. The van der Waals surface area contributed by atoms with Gasteiger partial charge in [0, 0.05) is 36.7 Å². The summed E-state index contributed by atoms with van der Waals surface area (Å²) in [7, 11) is 0. The summed E-state index contributed by atoms with van der Waals surface area (Å²) in [5.41, 5.74) is 4.24. The number of hydrogen-bond acceptors (Lipinski definition) is 4. The third-order valence-corrected chi connectivity index (χ3v) is 3.91. The van der Waals surface area contributed by atoms with Crippen molar-refractivity contribution in [2.75, 3.05) is 18.0 Å². The SMILES string of the molecule is O/N=C1/CCCN(CCc2cccnc2)c2ccccc21. The van der Waals surface area contributed by atoms with E-state index in [1.165, 1.54) is 5.56 Å². The summed E-state index contributed by atoms with van der Waals surface area (Å²) in [6.45, 7) is 1.93. The van der Waals surface area contributed by atoms with Crippen LogP contribution in [0.25, 0.3) is 0 Å². The Bertz CT molecular complexity index is 625. The quantitative estimate of drug-likeness (QED) is 0.694. The molecule has 3 rings (SSSR count). The van der Waals surface area contributed by atoms with E-state index in [0.717, 1.165) is 49.3 Å². The third-order valence-electron chi connectivity index (χ3n) is 3.91. The van der Waals surface area contributed by atoms with Crippen LogP contribution in [0, 0.1) is 0 Å². The van der Waals surface area contributed by atoms with Gasteiger partial charge in [-0.1, -0.05) is 29.4 Å². The highest BCUT2D eigenvalue weighted by Gasteiger charge is 2.19. The van der Waals surface area contributed by atoms with Crippen molar-refractivity contribution >= 4 is 11.4 Å². The zero-order valence-electron chi connectivity index (χ0n) is 11.9. The Morgan fingerprint density at radius 2 is 2.10 bits per heavy atom. The Balaban J connectivity index is 1.82. The largest absolute Gasteiger partial charge is 0.411 e. The van der Waals surface area contributed by atoms with Gasteiger partial charge in [-0.05, 0) is 37.0 Å². The predicted octanol–water partition coefficient (Wildman–Crippen LogP) is 3.10. The van der Waals surface area contributed by atoms with Crippen molar-refractivity contribution in [2.45, 2.75) is 19.3 Å². The number of rotatable bonds is 3. The summed E-state index contributed by atoms with van der Waals surface area (Å²) in [5.74, 6) is 0. The summed E-state index contributed by atoms with van der Waals surface area (Å²) >= 11 is 0. The maximum atomic E-state index is 9.22. The average Bonchev–Trinajstić information content (AvgIpc) is 2.73. The molecule has 21 heavy (non-hydrogen) atoms. The number of benzene rings is 1. The van der Waals surface area contributed by atoms with Gasteiger partial charge in [-0.2, -0.15) is 0 Å². The van der Waals surface area contributed by atoms with E-state index in [1.54, 1.807) is 6.20 Å². The molecule has 1 aromatic heterocycles. The molecule has 0 fully saturated rings. The summed E-state index contributed by atoms with van der Waals surface area (Å²) < 4.78 is 0.